The zero-order valence-corrected chi connectivity index (χ0v) is 14.6. The average Bonchev–Trinajstić information content (AvgIpc) is 2.59. The summed E-state index contributed by atoms with van der Waals surface area (Å²) in [5.41, 5.74) is 0.620. The van der Waals surface area contributed by atoms with E-state index >= 15 is 0 Å². The van der Waals surface area contributed by atoms with Crippen molar-refractivity contribution in [2.75, 3.05) is 0 Å². The van der Waals surface area contributed by atoms with Crippen LogP contribution in [0.15, 0.2) is 30.3 Å². The molecule has 2 rings (SSSR count). The highest BCUT2D eigenvalue weighted by molar-refractivity contribution is 5.85. The number of hydrogen-bond acceptors (Lipinski definition) is 2. The number of unbranched alkanes of at least 4 members (excludes halogenated alkanes) is 1. The largest absolute Gasteiger partial charge is 0.478 e. The van der Waals surface area contributed by atoms with E-state index in [1.54, 1.807) is 12.1 Å². The molecule has 0 spiro atoms. The Morgan fingerprint density at radius 3 is 2.44 bits per heavy atom. The van der Waals surface area contributed by atoms with Gasteiger partial charge in [-0.05, 0) is 55.4 Å². The van der Waals surface area contributed by atoms with Gasteiger partial charge in [0.2, 0.25) is 0 Å². The molecule has 138 valence electrons. The lowest BCUT2D eigenvalue weighted by Gasteiger charge is -2.33. The molecule has 1 N–H and O–H groups in total. The molecule has 0 aromatic heterocycles. The van der Waals surface area contributed by atoms with Gasteiger partial charge in [-0.25, -0.2) is 4.79 Å². The summed E-state index contributed by atoms with van der Waals surface area (Å²) in [6.45, 7) is 2.15. The minimum absolute atomic E-state index is 0.102. The molecule has 0 radical (unpaired) electrons. The number of halogens is 2. The molecule has 0 saturated heterocycles. The highest BCUT2D eigenvalue weighted by atomic mass is 19.3. The van der Waals surface area contributed by atoms with Crippen molar-refractivity contribution in [2.45, 2.75) is 58.0 Å². The van der Waals surface area contributed by atoms with Crippen LogP contribution in [-0.2, 0) is 4.79 Å². The van der Waals surface area contributed by atoms with Crippen molar-refractivity contribution in [3.63, 3.8) is 0 Å². The number of benzene rings is 1. The van der Waals surface area contributed by atoms with Gasteiger partial charge < -0.3 is 9.84 Å². The number of carboxylic acid groups (broad SMARTS) is 1. The first kappa shape index (κ1) is 19.4. The Morgan fingerprint density at radius 1 is 1.24 bits per heavy atom. The van der Waals surface area contributed by atoms with Gasteiger partial charge in [0.05, 0.1) is 5.92 Å². The maximum Gasteiger partial charge on any atom is 0.400 e. The van der Waals surface area contributed by atoms with E-state index in [9.17, 15) is 13.6 Å². The molecule has 0 bridgehead atoms. The molecule has 25 heavy (non-hydrogen) atoms. The number of ether oxygens (including phenoxy) is 1. The van der Waals surface area contributed by atoms with E-state index < -0.39 is 18.0 Å². The van der Waals surface area contributed by atoms with Crippen LogP contribution in [0.3, 0.4) is 0 Å². The quantitative estimate of drug-likeness (QED) is 0.606. The number of alkyl halides is 2. The van der Waals surface area contributed by atoms with Crippen LogP contribution in [0.1, 0.15) is 57.4 Å². The first-order valence-corrected chi connectivity index (χ1v) is 8.98. The van der Waals surface area contributed by atoms with Crippen LogP contribution >= 0.6 is 0 Å². The average molecular weight is 352 g/mol. The lowest BCUT2D eigenvalue weighted by molar-refractivity contribution is -0.223. The molecule has 1 saturated carbocycles. The maximum absolute atomic E-state index is 14.4. The van der Waals surface area contributed by atoms with Crippen molar-refractivity contribution in [3.05, 3.63) is 35.9 Å². The monoisotopic (exact) mass is 352 g/mol. The fourth-order valence-electron chi connectivity index (χ4n) is 3.33. The molecular weight excluding hydrogens is 326 g/mol. The number of carbonyl (C=O) groups is 1. The van der Waals surface area contributed by atoms with Crippen molar-refractivity contribution in [1.82, 2.24) is 0 Å². The van der Waals surface area contributed by atoms with E-state index in [4.69, 9.17) is 9.84 Å². The van der Waals surface area contributed by atoms with E-state index in [1.165, 1.54) is 24.6 Å². The second kappa shape index (κ2) is 8.97. The summed E-state index contributed by atoms with van der Waals surface area (Å²) in [7, 11) is 0. The Morgan fingerprint density at radius 2 is 1.88 bits per heavy atom. The Hall–Kier alpha value is -1.91. The fraction of sp³-hybridized carbons (Fsp3) is 0.550. The Kier molecular flexibility index (Phi) is 6.97. The van der Waals surface area contributed by atoms with Crippen LogP contribution in [0.5, 0.6) is 5.75 Å². The highest BCUT2D eigenvalue weighted by Crippen LogP contribution is 2.41. The van der Waals surface area contributed by atoms with Gasteiger partial charge in [0.1, 0.15) is 5.75 Å². The van der Waals surface area contributed by atoms with Crippen LogP contribution in [0, 0.1) is 11.8 Å². The van der Waals surface area contributed by atoms with Crippen LogP contribution in [0.25, 0.3) is 6.08 Å². The topological polar surface area (TPSA) is 46.5 Å². The van der Waals surface area contributed by atoms with Crippen molar-refractivity contribution in [3.8, 4) is 5.75 Å². The van der Waals surface area contributed by atoms with Crippen LogP contribution in [0.4, 0.5) is 8.78 Å². The minimum Gasteiger partial charge on any atom is -0.478 e. The van der Waals surface area contributed by atoms with Gasteiger partial charge >= 0.3 is 12.1 Å². The van der Waals surface area contributed by atoms with Gasteiger partial charge in [-0.15, -0.1) is 0 Å². The third kappa shape index (κ3) is 6.15. The summed E-state index contributed by atoms with van der Waals surface area (Å²) in [5, 5.41) is 8.58. The van der Waals surface area contributed by atoms with Crippen molar-refractivity contribution in [2.24, 2.45) is 11.8 Å². The zero-order valence-electron chi connectivity index (χ0n) is 14.6. The van der Waals surface area contributed by atoms with Crippen LogP contribution in [0.2, 0.25) is 0 Å². The molecule has 0 heterocycles. The Bertz CT molecular complexity index is 573. The van der Waals surface area contributed by atoms with Crippen molar-refractivity contribution in [1.29, 1.82) is 0 Å². The maximum atomic E-state index is 14.4. The molecule has 0 unspecified atom stereocenters. The van der Waals surface area contributed by atoms with E-state index in [2.05, 4.69) is 6.92 Å². The van der Waals surface area contributed by atoms with Gasteiger partial charge in [0.25, 0.3) is 0 Å². The minimum atomic E-state index is -3.17. The lowest BCUT2D eigenvalue weighted by Crippen LogP contribution is -2.37. The normalized spacial score (nSPS) is 21.4. The molecule has 1 aromatic carbocycles. The van der Waals surface area contributed by atoms with E-state index in [0.717, 1.165) is 31.8 Å². The first-order valence-electron chi connectivity index (χ1n) is 8.98. The second-order valence-corrected chi connectivity index (χ2v) is 6.76. The van der Waals surface area contributed by atoms with Gasteiger partial charge in [-0.2, -0.15) is 8.78 Å². The summed E-state index contributed by atoms with van der Waals surface area (Å²) >= 11 is 0. The molecule has 1 aromatic rings. The number of carboxylic acids is 1. The van der Waals surface area contributed by atoms with Gasteiger partial charge in [0, 0.05) is 6.08 Å². The molecule has 5 heteroatoms. The third-order valence-electron chi connectivity index (χ3n) is 4.84. The zero-order chi connectivity index (χ0) is 18.3. The predicted molar refractivity (Wildman–Crippen MR) is 93.7 cm³/mol. The Balaban J connectivity index is 1.89. The van der Waals surface area contributed by atoms with Crippen molar-refractivity contribution >= 4 is 12.0 Å². The Labute approximate surface area is 147 Å². The van der Waals surface area contributed by atoms with Gasteiger partial charge in [-0.1, -0.05) is 38.3 Å². The molecule has 0 amide bonds. The summed E-state index contributed by atoms with van der Waals surface area (Å²) in [6, 6.07) is 6.02. The van der Waals surface area contributed by atoms with E-state index in [1.807, 2.05) is 0 Å². The van der Waals surface area contributed by atoms with Gasteiger partial charge in [0.15, 0.2) is 0 Å². The second-order valence-electron chi connectivity index (χ2n) is 6.76. The van der Waals surface area contributed by atoms with E-state index in [-0.39, 0.29) is 5.75 Å². The third-order valence-corrected chi connectivity index (χ3v) is 4.84. The SMILES string of the molecule is CCCCC1CCC(C(F)(F)Oc2ccc(C=CC(=O)O)cc2)CC1. The summed E-state index contributed by atoms with van der Waals surface area (Å²) in [6.07, 6.45) is 5.40. The molecule has 3 nitrogen and oxygen atoms in total. The standard InChI is InChI=1S/C20H26F2O3/c1-2-3-4-15-5-10-17(11-6-15)20(21,22)25-18-12-7-16(8-13-18)9-14-19(23)24/h7-9,12-15,17H,2-6,10-11H2,1H3,(H,23,24). The van der Waals surface area contributed by atoms with Crippen LogP contribution in [-0.4, -0.2) is 17.2 Å². The van der Waals surface area contributed by atoms with Gasteiger partial charge in [-0.3, -0.25) is 0 Å². The van der Waals surface area contributed by atoms with E-state index in [0.29, 0.717) is 24.3 Å². The highest BCUT2D eigenvalue weighted by Gasteiger charge is 2.43. The number of rotatable bonds is 8. The summed E-state index contributed by atoms with van der Waals surface area (Å²) < 4.78 is 33.8. The van der Waals surface area contributed by atoms with Crippen molar-refractivity contribution < 1.29 is 23.4 Å². The first-order chi connectivity index (χ1) is 11.9. The lowest BCUT2D eigenvalue weighted by atomic mass is 9.79. The summed E-state index contributed by atoms with van der Waals surface area (Å²) in [4.78, 5) is 10.5. The molecule has 1 fully saturated rings. The molecule has 1 aliphatic carbocycles. The molecule has 0 aliphatic heterocycles. The van der Waals surface area contributed by atoms with Crippen LogP contribution < -0.4 is 4.74 Å². The predicted octanol–water partition coefficient (Wildman–Crippen LogP) is 5.75. The summed E-state index contributed by atoms with van der Waals surface area (Å²) in [5.74, 6) is -1.11. The molecular formula is C20H26F2O3. The fourth-order valence-corrected chi connectivity index (χ4v) is 3.33. The smallest absolute Gasteiger partial charge is 0.400 e. The number of hydrogen-bond donors (Lipinski definition) is 1. The molecule has 0 atom stereocenters. The molecule has 1 aliphatic rings. The number of aliphatic carboxylic acids is 1.